The van der Waals surface area contributed by atoms with E-state index in [9.17, 15) is 5.11 Å². The molecule has 1 heterocycles. The third-order valence-corrected chi connectivity index (χ3v) is 3.29. The summed E-state index contributed by atoms with van der Waals surface area (Å²) < 4.78 is 1.69. The number of benzene rings is 2. The lowest BCUT2D eigenvalue weighted by Crippen LogP contribution is -2.09. The molecule has 0 aliphatic rings. The lowest BCUT2D eigenvalue weighted by Gasteiger charge is -2.15. The van der Waals surface area contributed by atoms with Crippen LogP contribution in [0.3, 0.4) is 0 Å². The summed E-state index contributed by atoms with van der Waals surface area (Å²) in [5.41, 5.74) is 3.23. The summed E-state index contributed by atoms with van der Waals surface area (Å²) >= 11 is 0. The highest BCUT2D eigenvalue weighted by atomic mass is 16.3. The van der Waals surface area contributed by atoms with Crippen LogP contribution in [0.1, 0.15) is 18.6 Å². The molecule has 0 bridgehead atoms. The number of hydrogen-bond donors (Lipinski definition) is 1. The van der Waals surface area contributed by atoms with Gasteiger partial charge in [0.05, 0.1) is 11.2 Å². The summed E-state index contributed by atoms with van der Waals surface area (Å²) in [7, 11) is 0. The Hall–Kier alpha value is -2.46. The second-order valence-corrected chi connectivity index (χ2v) is 4.52. The molecule has 1 unspecified atom stereocenters. The molecule has 0 spiro atoms. The molecule has 0 radical (unpaired) electrons. The van der Waals surface area contributed by atoms with E-state index in [1.165, 1.54) is 0 Å². The van der Waals surface area contributed by atoms with Crippen molar-refractivity contribution in [1.82, 2.24) is 15.0 Å². The van der Waals surface area contributed by atoms with Crippen LogP contribution in [0.4, 0.5) is 0 Å². The van der Waals surface area contributed by atoms with Crippen LogP contribution in [-0.2, 0) is 0 Å². The first-order valence-corrected chi connectivity index (χ1v) is 6.51. The van der Waals surface area contributed by atoms with Gasteiger partial charge in [0.25, 0.3) is 0 Å². The Morgan fingerprint density at radius 2 is 1.80 bits per heavy atom. The normalized spacial score (nSPS) is 13.6. The van der Waals surface area contributed by atoms with Crippen molar-refractivity contribution >= 4 is 16.7 Å². The zero-order valence-electron chi connectivity index (χ0n) is 11.1. The number of para-hydroxylation sites is 1. The number of rotatable bonds is 3. The van der Waals surface area contributed by atoms with E-state index in [4.69, 9.17) is 0 Å². The molecule has 4 heteroatoms. The first kappa shape index (κ1) is 12.6. The minimum Gasteiger partial charge on any atom is -0.382 e. The van der Waals surface area contributed by atoms with Crippen molar-refractivity contribution in [2.24, 2.45) is 0 Å². The fourth-order valence-electron chi connectivity index (χ4n) is 2.26. The number of hydrogen-bond acceptors (Lipinski definition) is 3. The van der Waals surface area contributed by atoms with E-state index < -0.39 is 6.10 Å². The predicted molar refractivity (Wildman–Crippen MR) is 78.9 cm³/mol. The molecule has 3 aromatic rings. The van der Waals surface area contributed by atoms with Crippen LogP contribution in [0.2, 0.25) is 0 Å². The number of aliphatic hydroxyl groups is 1. The van der Waals surface area contributed by atoms with E-state index in [0.717, 1.165) is 16.6 Å². The molecule has 0 aliphatic heterocycles. The van der Waals surface area contributed by atoms with E-state index in [0.29, 0.717) is 5.70 Å². The lowest BCUT2D eigenvalue weighted by molar-refractivity contribution is 0.230. The summed E-state index contributed by atoms with van der Waals surface area (Å²) in [5, 5.41) is 18.8. The van der Waals surface area contributed by atoms with Gasteiger partial charge in [0.1, 0.15) is 11.6 Å². The number of nitrogens with zero attached hydrogens (tertiary/aromatic N) is 3. The molecule has 4 nitrogen and oxygen atoms in total. The molecule has 0 saturated heterocycles. The molecular formula is C16H15N3O. The van der Waals surface area contributed by atoms with Gasteiger partial charge >= 0.3 is 0 Å². The summed E-state index contributed by atoms with van der Waals surface area (Å²) in [6.45, 7) is 1.89. The van der Waals surface area contributed by atoms with Crippen LogP contribution in [0.5, 0.6) is 0 Å². The van der Waals surface area contributed by atoms with Crippen LogP contribution in [0, 0.1) is 0 Å². The first-order valence-electron chi connectivity index (χ1n) is 6.51. The molecule has 1 N–H and O–H groups in total. The molecule has 0 fully saturated rings. The van der Waals surface area contributed by atoms with Gasteiger partial charge in [-0.05, 0) is 24.6 Å². The average molecular weight is 265 g/mol. The number of aliphatic hydroxyl groups excluding tert-OH is 1. The summed E-state index contributed by atoms with van der Waals surface area (Å²) in [6.07, 6.45) is 1.13. The predicted octanol–water partition coefficient (Wildman–Crippen LogP) is 3.03. The molecule has 100 valence electrons. The zero-order valence-corrected chi connectivity index (χ0v) is 11.1. The second kappa shape index (κ2) is 5.27. The number of aromatic nitrogens is 3. The van der Waals surface area contributed by atoms with Crippen molar-refractivity contribution < 1.29 is 5.11 Å². The third-order valence-electron chi connectivity index (χ3n) is 3.29. The van der Waals surface area contributed by atoms with E-state index in [1.807, 2.05) is 67.6 Å². The zero-order chi connectivity index (χ0) is 13.9. The van der Waals surface area contributed by atoms with Crippen molar-refractivity contribution in [3.8, 4) is 0 Å². The van der Waals surface area contributed by atoms with Crippen LogP contribution < -0.4 is 0 Å². The largest absolute Gasteiger partial charge is 0.382 e. The van der Waals surface area contributed by atoms with Gasteiger partial charge in [-0.25, -0.2) is 4.68 Å². The third kappa shape index (κ3) is 2.10. The maximum atomic E-state index is 10.6. The fourth-order valence-corrected chi connectivity index (χ4v) is 2.26. The van der Waals surface area contributed by atoms with E-state index in [-0.39, 0.29) is 0 Å². The summed E-state index contributed by atoms with van der Waals surface area (Å²) in [5.74, 6) is 0. The maximum absolute atomic E-state index is 10.6. The van der Waals surface area contributed by atoms with Crippen LogP contribution in [0.25, 0.3) is 16.7 Å². The second-order valence-electron chi connectivity index (χ2n) is 4.52. The van der Waals surface area contributed by atoms with Crippen molar-refractivity contribution in [3.05, 3.63) is 66.2 Å². The SMILES string of the molecule is C/C=C(\C(O)c1ccccc1)n1nnc2ccccc21. The molecule has 2 aromatic carbocycles. The first-order chi connectivity index (χ1) is 9.81. The molecule has 1 aromatic heterocycles. The Balaban J connectivity index is 2.07. The van der Waals surface area contributed by atoms with E-state index >= 15 is 0 Å². The molecule has 3 rings (SSSR count). The number of fused-ring (bicyclic) bond motifs is 1. The van der Waals surface area contributed by atoms with Crippen LogP contribution in [0.15, 0.2) is 60.7 Å². The monoisotopic (exact) mass is 265 g/mol. The Morgan fingerprint density at radius 3 is 2.55 bits per heavy atom. The Labute approximate surface area is 117 Å². The minimum absolute atomic E-state index is 0.699. The minimum atomic E-state index is -0.730. The summed E-state index contributed by atoms with van der Waals surface area (Å²) in [6, 6.07) is 17.2. The molecule has 0 saturated carbocycles. The van der Waals surface area contributed by atoms with Gasteiger partial charge < -0.3 is 5.11 Å². The fraction of sp³-hybridized carbons (Fsp3) is 0.125. The van der Waals surface area contributed by atoms with Gasteiger partial charge in [0.2, 0.25) is 0 Å². The molecule has 1 atom stereocenters. The number of allylic oxidation sites excluding steroid dienone is 1. The van der Waals surface area contributed by atoms with Gasteiger partial charge in [-0.15, -0.1) is 5.10 Å². The van der Waals surface area contributed by atoms with Crippen molar-refractivity contribution in [1.29, 1.82) is 0 Å². The Morgan fingerprint density at radius 1 is 1.10 bits per heavy atom. The lowest BCUT2D eigenvalue weighted by atomic mass is 10.1. The summed E-state index contributed by atoms with van der Waals surface area (Å²) in [4.78, 5) is 0. The Bertz CT molecular complexity index is 747. The highest BCUT2D eigenvalue weighted by Gasteiger charge is 2.17. The molecular weight excluding hydrogens is 250 g/mol. The van der Waals surface area contributed by atoms with Gasteiger partial charge in [-0.1, -0.05) is 53.8 Å². The van der Waals surface area contributed by atoms with Crippen molar-refractivity contribution in [2.45, 2.75) is 13.0 Å². The van der Waals surface area contributed by atoms with Gasteiger partial charge in [0.15, 0.2) is 0 Å². The van der Waals surface area contributed by atoms with Crippen molar-refractivity contribution in [3.63, 3.8) is 0 Å². The average Bonchev–Trinajstić information content (AvgIpc) is 2.93. The van der Waals surface area contributed by atoms with E-state index in [2.05, 4.69) is 10.3 Å². The van der Waals surface area contributed by atoms with Crippen molar-refractivity contribution in [2.75, 3.05) is 0 Å². The Kier molecular flexibility index (Phi) is 3.31. The van der Waals surface area contributed by atoms with Gasteiger partial charge in [-0.3, -0.25) is 0 Å². The highest BCUT2D eigenvalue weighted by molar-refractivity contribution is 5.78. The molecule has 20 heavy (non-hydrogen) atoms. The highest BCUT2D eigenvalue weighted by Crippen LogP contribution is 2.27. The van der Waals surface area contributed by atoms with Crippen LogP contribution >= 0.6 is 0 Å². The molecule has 0 aliphatic carbocycles. The van der Waals surface area contributed by atoms with Gasteiger partial charge in [0, 0.05) is 0 Å². The molecule has 0 amide bonds. The standard InChI is InChI=1S/C16H15N3O/c1-2-14(16(20)12-8-4-3-5-9-12)19-15-11-7-6-10-13(15)17-18-19/h2-11,16,20H,1H3/b14-2+. The van der Waals surface area contributed by atoms with Gasteiger partial charge in [-0.2, -0.15) is 0 Å². The quantitative estimate of drug-likeness (QED) is 0.792. The van der Waals surface area contributed by atoms with Crippen LogP contribution in [-0.4, -0.2) is 20.1 Å². The topological polar surface area (TPSA) is 50.9 Å². The smallest absolute Gasteiger partial charge is 0.121 e. The maximum Gasteiger partial charge on any atom is 0.121 e. The van der Waals surface area contributed by atoms with E-state index in [1.54, 1.807) is 4.68 Å².